The quantitative estimate of drug-likeness (QED) is 0.633. The van der Waals surface area contributed by atoms with Crippen molar-refractivity contribution in [3.63, 3.8) is 0 Å². The first-order valence-corrected chi connectivity index (χ1v) is 9.49. The van der Waals surface area contributed by atoms with Gasteiger partial charge in [-0.2, -0.15) is 0 Å². The number of benzene rings is 2. The van der Waals surface area contributed by atoms with Crippen LogP contribution >= 0.6 is 0 Å². The lowest BCUT2D eigenvalue weighted by Gasteiger charge is -2.33. The fraction of sp³-hybridized carbons (Fsp3) is 0.318. The van der Waals surface area contributed by atoms with Crippen LogP contribution in [0.1, 0.15) is 24.1 Å². The normalized spacial score (nSPS) is 28.5. The standard InChI is InChI=1S/C22H21FN2O4/c1-3-29-21(28)22(13-9-5-4-6-10-13)17-16(19(26)25(2)20(17)27)18(24-22)14-11-7-8-12-15(14)23/h4-12,16-18,24H,3H2,1-2H3/t16-,17-,18-,22+/m0/s1. The molecule has 2 saturated heterocycles. The first-order valence-electron chi connectivity index (χ1n) is 9.49. The molecular weight excluding hydrogens is 375 g/mol. The Morgan fingerprint density at radius 1 is 1.10 bits per heavy atom. The Hall–Kier alpha value is -3.06. The predicted octanol–water partition coefficient (Wildman–Crippen LogP) is 2.16. The highest BCUT2D eigenvalue weighted by molar-refractivity contribution is 6.09. The number of fused-ring (bicyclic) bond motifs is 1. The molecule has 0 radical (unpaired) electrons. The number of nitrogens with zero attached hydrogens (tertiary/aromatic N) is 1. The second-order valence-electron chi connectivity index (χ2n) is 7.28. The van der Waals surface area contributed by atoms with Gasteiger partial charge in [-0.3, -0.25) is 19.8 Å². The SMILES string of the molecule is CCOC(=O)[C@]1(c2ccccc2)N[C@@H](c2ccccc2F)[C@H]2C(=O)N(C)C(=O)[C@H]21. The van der Waals surface area contributed by atoms with Gasteiger partial charge in [0.2, 0.25) is 11.8 Å². The molecule has 2 amide bonds. The van der Waals surface area contributed by atoms with E-state index in [2.05, 4.69) is 5.32 Å². The number of imide groups is 1. The first kappa shape index (κ1) is 19.3. The maximum Gasteiger partial charge on any atom is 0.331 e. The summed E-state index contributed by atoms with van der Waals surface area (Å²) in [5.74, 6) is -4.05. The Morgan fingerprint density at radius 3 is 2.41 bits per heavy atom. The largest absolute Gasteiger partial charge is 0.464 e. The van der Waals surface area contributed by atoms with Crippen molar-refractivity contribution in [2.75, 3.05) is 13.7 Å². The van der Waals surface area contributed by atoms with Crippen LogP contribution in [0.2, 0.25) is 0 Å². The number of hydrogen-bond acceptors (Lipinski definition) is 5. The molecule has 2 fully saturated rings. The van der Waals surface area contributed by atoms with Crippen LogP contribution in [0.25, 0.3) is 0 Å². The number of nitrogens with one attached hydrogen (secondary N) is 1. The third-order valence-electron chi connectivity index (χ3n) is 5.85. The highest BCUT2D eigenvalue weighted by Crippen LogP contribution is 2.53. The molecule has 0 spiro atoms. The fourth-order valence-corrected chi connectivity index (χ4v) is 4.56. The molecule has 0 bridgehead atoms. The minimum atomic E-state index is -1.59. The zero-order chi connectivity index (χ0) is 20.8. The molecule has 4 atom stereocenters. The Morgan fingerprint density at radius 2 is 1.76 bits per heavy atom. The monoisotopic (exact) mass is 396 g/mol. The minimum Gasteiger partial charge on any atom is -0.464 e. The van der Waals surface area contributed by atoms with E-state index < -0.39 is 47.0 Å². The number of rotatable bonds is 4. The second kappa shape index (κ2) is 7.08. The van der Waals surface area contributed by atoms with E-state index >= 15 is 0 Å². The number of likely N-dealkylation sites (tertiary alicyclic amines) is 1. The minimum absolute atomic E-state index is 0.106. The van der Waals surface area contributed by atoms with Crippen LogP contribution < -0.4 is 5.32 Å². The molecule has 2 aromatic rings. The molecule has 6 nitrogen and oxygen atoms in total. The summed E-state index contributed by atoms with van der Waals surface area (Å²) < 4.78 is 20.0. The van der Waals surface area contributed by atoms with E-state index in [9.17, 15) is 18.8 Å². The summed E-state index contributed by atoms with van der Waals surface area (Å²) in [5, 5.41) is 3.16. The molecule has 2 aliphatic heterocycles. The molecule has 4 rings (SSSR count). The van der Waals surface area contributed by atoms with Gasteiger partial charge in [-0.05, 0) is 18.6 Å². The number of carbonyl (C=O) groups is 3. The Bertz CT molecular complexity index is 980. The van der Waals surface area contributed by atoms with Crippen LogP contribution in [0.4, 0.5) is 4.39 Å². The molecule has 2 heterocycles. The van der Waals surface area contributed by atoms with Crippen molar-refractivity contribution < 1.29 is 23.5 Å². The fourth-order valence-electron chi connectivity index (χ4n) is 4.56. The van der Waals surface area contributed by atoms with Crippen molar-refractivity contribution in [2.24, 2.45) is 11.8 Å². The summed E-state index contributed by atoms with van der Waals surface area (Å²) in [4.78, 5) is 40.4. The zero-order valence-electron chi connectivity index (χ0n) is 16.1. The summed E-state index contributed by atoms with van der Waals surface area (Å²) in [6, 6.07) is 13.9. The van der Waals surface area contributed by atoms with E-state index in [1.165, 1.54) is 13.1 Å². The Kier molecular flexibility index (Phi) is 4.70. The molecule has 0 aromatic heterocycles. The van der Waals surface area contributed by atoms with Crippen LogP contribution in [-0.4, -0.2) is 36.3 Å². The van der Waals surface area contributed by atoms with Gasteiger partial charge < -0.3 is 4.74 Å². The maximum absolute atomic E-state index is 14.7. The van der Waals surface area contributed by atoms with E-state index in [4.69, 9.17) is 4.74 Å². The Balaban J connectivity index is 1.96. The average molecular weight is 396 g/mol. The van der Waals surface area contributed by atoms with Gasteiger partial charge in [-0.1, -0.05) is 48.5 Å². The van der Waals surface area contributed by atoms with Gasteiger partial charge in [0, 0.05) is 18.7 Å². The molecule has 2 aliphatic rings. The number of ether oxygens (including phenoxy) is 1. The summed E-state index contributed by atoms with van der Waals surface area (Å²) in [6.45, 7) is 1.78. The first-order chi connectivity index (χ1) is 13.9. The van der Waals surface area contributed by atoms with Crippen molar-refractivity contribution in [3.8, 4) is 0 Å². The molecule has 0 aliphatic carbocycles. The van der Waals surface area contributed by atoms with Gasteiger partial charge in [-0.25, -0.2) is 9.18 Å². The maximum atomic E-state index is 14.7. The van der Waals surface area contributed by atoms with Gasteiger partial charge in [0.15, 0.2) is 5.54 Å². The zero-order valence-corrected chi connectivity index (χ0v) is 16.1. The van der Waals surface area contributed by atoms with Gasteiger partial charge in [0.1, 0.15) is 5.82 Å². The lowest BCUT2D eigenvalue weighted by Crippen LogP contribution is -2.53. The highest BCUT2D eigenvalue weighted by Gasteiger charge is 2.69. The highest BCUT2D eigenvalue weighted by atomic mass is 19.1. The number of hydrogen-bond donors (Lipinski definition) is 1. The molecule has 150 valence electrons. The molecule has 2 aromatic carbocycles. The average Bonchev–Trinajstić information content (AvgIpc) is 3.20. The van der Waals surface area contributed by atoms with E-state index in [0.717, 1.165) is 4.90 Å². The van der Waals surface area contributed by atoms with Crippen molar-refractivity contribution in [1.82, 2.24) is 10.2 Å². The van der Waals surface area contributed by atoms with Gasteiger partial charge >= 0.3 is 5.97 Å². The summed E-state index contributed by atoms with van der Waals surface area (Å²) >= 11 is 0. The molecular formula is C22H21FN2O4. The number of amides is 2. The molecule has 0 saturated carbocycles. The van der Waals surface area contributed by atoms with Crippen molar-refractivity contribution in [1.29, 1.82) is 0 Å². The van der Waals surface area contributed by atoms with Crippen LogP contribution in [0.5, 0.6) is 0 Å². The topological polar surface area (TPSA) is 75.7 Å². The Labute approximate surface area is 167 Å². The van der Waals surface area contributed by atoms with Crippen LogP contribution in [-0.2, 0) is 24.7 Å². The number of carbonyl (C=O) groups excluding carboxylic acids is 3. The summed E-state index contributed by atoms with van der Waals surface area (Å²) in [5.41, 5.74) is -0.850. The predicted molar refractivity (Wildman–Crippen MR) is 102 cm³/mol. The van der Waals surface area contributed by atoms with E-state index in [0.29, 0.717) is 5.56 Å². The van der Waals surface area contributed by atoms with Crippen LogP contribution in [0, 0.1) is 17.7 Å². The number of esters is 1. The van der Waals surface area contributed by atoms with E-state index in [1.54, 1.807) is 55.5 Å². The second-order valence-corrected chi connectivity index (χ2v) is 7.28. The van der Waals surface area contributed by atoms with Gasteiger partial charge in [-0.15, -0.1) is 0 Å². The third kappa shape index (κ3) is 2.68. The lowest BCUT2D eigenvalue weighted by atomic mass is 9.75. The van der Waals surface area contributed by atoms with E-state index in [1.807, 2.05) is 0 Å². The van der Waals surface area contributed by atoms with Crippen molar-refractivity contribution in [3.05, 3.63) is 71.5 Å². The molecule has 1 N–H and O–H groups in total. The molecule has 7 heteroatoms. The lowest BCUT2D eigenvalue weighted by molar-refractivity contribution is -0.156. The van der Waals surface area contributed by atoms with Crippen LogP contribution in [0.15, 0.2) is 54.6 Å². The van der Waals surface area contributed by atoms with Gasteiger partial charge in [0.25, 0.3) is 0 Å². The van der Waals surface area contributed by atoms with Crippen molar-refractivity contribution in [2.45, 2.75) is 18.5 Å². The van der Waals surface area contributed by atoms with Crippen LogP contribution in [0.3, 0.4) is 0 Å². The van der Waals surface area contributed by atoms with Gasteiger partial charge in [0.05, 0.1) is 18.4 Å². The number of halogens is 1. The molecule has 29 heavy (non-hydrogen) atoms. The third-order valence-corrected chi connectivity index (χ3v) is 5.85. The van der Waals surface area contributed by atoms with Crippen molar-refractivity contribution >= 4 is 17.8 Å². The smallest absolute Gasteiger partial charge is 0.331 e. The van der Waals surface area contributed by atoms with E-state index in [-0.39, 0.29) is 12.2 Å². The molecule has 0 unspecified atom stereocenters. The summed E-state index contributed by atoms with van der Waals surface area (Å²) in [7, 11) is 1.39. The summed E-state index contributed by atoms with van der Waals surface area (Å²) in [6.07, 6.45) is 0.